The van der Waals surface area contributed by atoms with E-state index in [1.807, 2.05) is 6.92 Å². The SMILES string of the molecule is CC(=O)OC[C@H]1O[C@@H](n2cc(C(N)=O)c3c(N)nc(C)nc32)[C@H](OC(C)=O)[C@@H]1C. The molecule has 156 valence electrons. The highest BCUT2D eigenvalue weighted by atomic mass is 16.6. The smallest absolute Gasteiger partial charge is 0.303 e. The van der Waals surface area contributed by atoms with Crippen molar-refractivity contribution in [1.29, 1.82) is 0 Å². The number of anilines is 1. The van der Waals surface area contributed by atoms with Gasteiger partial charge in [0, 0.05) is 26.0 Å². The predicted octanol–water partition coefficient (Wildman–Crippen LogP) is 0.449. The number of aromatic nitrogens is 3. The van der Waals surface area contributed by atoms with Gasteiger partial charge in [-0.3, -0.25) is 14.4 Å². The van der Waals surface area contributed by atoms with E-state index in [1.165, 1.54) is 20.0 Å². The van der Waals surface area contributed by atoms with Gasteiger partial charge >= 0.3 is 11.9 Å². The number of primary amides is 1. The molecule has 0 aliphatic carbocycles. The first-order valence-corrected chi connectivity index (χ1v) is 9.00. The van der Waals surface area contributed by atoms with Crippen molar-refractivity contribution in [2.24, 2.45) is 11.7 Å². The maximum Gasteiger partial charge on any atom is 0.303 e. The Morgan fingerprint density at radius 2 is 1.93 bits per heavy atom. The van der Waals surface area contributed by atoms with Crippen LogP contribution < -0.4 is 11.5 Å². The van der Waals surface area contributed by atoms with Gasteiger partial charge in [-0.1, -0.05) is 6.92 Å². The third-order valence-corrected chi connectivity index (χ3v) is 4.80. The second kappa shape index (κ2) is 7.66. The molecule has 0 spiro atoms. The second-order valence-electron chi connectivity index (χ2n) is 6.97. The first-order valence-electron chi connectivity index (χ1n) is 9.00. The van der Waals surface area contributed by atoms with Crippen molar-refractivity contribution in [3.8, 4) is 0 Å². The first-order chi connectivity index (χ1) is 13.6. The molecule has 1 aliphatic heterocycles. The van der Waals surface area contributed by atoms with E-state index in [0.29, 0.717) is 16.9 Å². The molecule has 29 heavy (non-hydrogen) atoms. The van der Waals surface area contributed by atoms with Gasteiger partial charge in [-0.25, -0.2) is 9.97 Å². The largest absolute Gasteiger partial charge is 0.463 e. The van der Waals surface area contributed by atoms with Crippen LogP contribution in [0.15, 0.2) is 6.20 Å². The van der Waals surface area contributed by atoms with Crippen molar-refractivity contribution in [2.75, 3.05) is 12.3 Å². The Balaban J connectivity index is 2.11. The van der Waals surface area contributed by atoms with E-state index < -0.39 is 36.3 Å². The minimum atomic E-state index is -0.834. The summed E-state index contributed by atoms with van der Waals surface area (Å²) in [4.78, 5) is 43.3. The van der Waals surface area contributed by atoms with E-state index in [1.54, 1.807) is 11.5 Å². The van der Waals surface area contributed by atoms with Crippen LogP contribution in [0.25, 0.3) is 11.0 Å². The van der Waals surface area contributed by atoms with E-state index >= 15 is 0 Å². The molecule has 0 unspecified atom stereocenters. The van der Waals surface area contributed by atoms with E-state index in [4.69, 9.17) is 25.7 Å². The number of hydrogen-bond donors (Lipinski definition) is 2. The predicted molar refractivity (Wildman–Crippen MR) is 100 cm³/mol. The molecule has 1 fully saturated rings. The molecular formula is C18H23N5O6. The fourth-order valence-electron chi connectivity index (χ4n) is 3.49. The maximum atomic E-state index is 12.0. The molecule has 11 heteroatoms. The molecule has 3 heterocycles. The van der Waals surface area contributed by atoms with Crippen LogP contribution in [-0.2, 0) is 23.8 Å². The molecule has 0 aromatic carbocycles. The molecular weight excluding hydrogens is 382 g/mol. The number of hydrogen-bond acceptors (Lipinski definition) is 9. The van der Waals surface area contributed by atoms with Gasteiger partial charge in [0.25, 0.3) is 5.91 Å². The number of carbonyl (C=O) groups is 3. The fraction of sp³-hybridized carbons (Fsp3) is 0.500. The van der Waals surface area contributed by atoms with Crippen LogP contribution in [0, 0.1) is 12.8 Å². The Morgan fingerprint density at radius 1 is 1.24 bits per heavy atom. The lowest BCUT2D eigenvalue weighted by Crippen LogP contribution is -2.30. The van der Waals surface area contributed by atoms with E-state index in [-0.39, 0.29) is 23.9 Å². The summed E-state index contributed by atoms with van der Waals surface area (Å²) in [5.41, 5.74) is 12.0. The Morgan fingerprint density at radius 3 is 2.52 bits per heavy atom. The van der Waals surface area contributed by atoms with Gasteiger partial charge in [-0.15, -0.1) is 0 Å². The highest BCUT2D eigenvalue weighted by molar-refractivity contribution is 6.08. The molecule has 1 aliphatic rings. The Kier molecular flexibility index (Phi) is 5.42. The van der Waals surface area contributed by atoms with Gasteiger partial charge in [0.2, 0.25) is 0 Å². The lowest BCUT2D eigenvalue weighted by atomic mass is 10.0. The van der Waals surface area contributed by atoms with Crippen molar-refractivity contribution in [1.82, 2.24) is 14.5 Å². The molecule has 1 amide bonds. The third-order valence-electron chi connectivity index (χ3n) is 4.80. The number of rotatable bonds is 5. The van der Waals surface area contributed by atoms with Gasteiger partial charge in [-0.2, -0.15) is 0 Å². The standard InChI is InChI=1S/C18H23N5O6/c1-7-12(6-27-9(3)24)29-18(14(7)28-10(4)25)23-5-11(16(20)26)13-15(19)21-8(2)22-17(13)23/h5,7,12,14,18H,6H2,1-4H3,(H2,20,26)(H2,19,21,22)/t7-,12-,14-,18-/m1/s1. The van der Waals surface area contributed by atoms with Gasteiger partial charge in [0.05, 0.1) is 10.9 Å². The summed E-state index contributed by atoms with van der Waals surface area (Å²) in [6.07, 6.45) is -0.637. The monoisotopic (exact) mass is 405 g/mol. The van der Waals surface area contributed by atoms with Crippen LogP contribution in [-0.4, -0.2) is 51.2 Å². The molecule has 4 N–H and O–H groups in total. The van der Waals surface area contributed by atoms with Crippen LogP contribution in [0.2, 0.25) is 0 Å². The van der Waals surface area contributed by atoms with Crippen molar-refractivity contribution >= 4 is 34.7 Å². The maximum absolute atomic E-state index is 12.0. The van der Waals surface area contributed by atoms with Gasteiger partial charge in [0.15, 0.2) is 12.3 Å². The summed E-state index contributed by atoms with van der Waals surface area (Å²) < 4.78 is 18.2. The second-order valence-corrected chi connectivity index (χ2v) is 6.97. The number of nitrogens with zero attached hydrogens (tertiary/aromatic N) is 3. The Labute approximate surface area is 166 Å². The zero-order chi connectivity index (χ0) is 21.5. The highest BCUT2D eigenvalue weighted by Crippen LogP contribution is 2.39. The summed E-state index contributed by atoms with van der Waals surface area (Å²) in [6.45, 7) is 6.04. The van der Waals surface area contributed by atoms with Crippen LogP contribution in [0.4, 0.5) is 5.82 Å². The van der Waals surface area contributed by atoms with E-state index in [0.717, 1.165) is 0 Å². The quantitative estimate of drug-likeness (QED) is 0.672. The van der Waals surface area contributed by atoms with Crippen LogP contribution >= 0.6 is 0 Å². The molecule has 0 radical (unpaired) electrons. The van der Waals surface area contributed by atoms with Crippen LogP contribution in [0.1, 0.15) is 43.2 Å². The summed E-state index contributed by atoms with van der Waals surface area (Å²) >= 11 is 0. The lowest BCUT2D eigenvalue weighted by Gasteiger charge is -2.22. The molecule has 2 aromatic heterocycles. The van der Waals surface area contributed by atoms with Crippen molar-refractivity contribution in [3.05, 3.63) is 17.6 Å². The number of carbonyl (C=O) groups excluding carboxylic acids is 3. The number of amides is 1. The van der Waals surface area contributed by atoms with Crippen molar-refractivity contribution in [2.45, 2.75) is 46.1 Å². The molecule has 11 nitrogen and oxygen atoms in total. The van der Waals surface area contributed by atoms with Gasteiger partial charge in [-0.05, 0) is 6.92 Å². The highest BCUT2D eigenvalue weighted by Gasteiger charge is 2.46. The average molecular weight is 405 g/mol. The zero-order valence-corrected chi connectivity index (χ0v) is 16.5. The molecule has 0 saturated carbocycles. The number of aryl methyl sites for hydroxylation is 1. The fourth-order valence-corrected chi connectivity index (χ4v) is 3.49. The number of esters is 2. The van der Waals surface area contributed by atoms with Crippen LogP contribution in [0.3, 0.4) is 0 Å². The minimum Gasteiger partial charge on any atom is -0.463 e. The van der Waals surface area contributed by atoms with E-state index in [9.17, 15) is 14.4 Å². The number of ether oxygens (including phenoxy) is 3. The summed E-state index contributed by atoms with van der Waals surface area (Å²) in [6, 6.07) is 0. The normalized spacial score (nSPS) is 23.9. The lowest BCUT2D eigenvalue weighted by molar-refractivity contribution is -0.153. The number of nitrogen functional groups attached to an aromatic ring is 1. The van der Waals surface area contributed by atoms with E-state index in [2.05, 4.69) is 9.97 Å². The third kappa shape index (κ3) is 3.86. The zero-order valence-electron chi connectivity index (χ0n) is 16.5. The Hall–Kier alpha value is -3.21. The van der Waals surface area contributed by atoms with Gasteiger partial charge in [0.1, 0.15) is 30.0 Å². The summed E-state index contributed by atoms with van der Waals surface area (Å²) in [5.74, 6) is -1.48. The summed E-state index contributed by atoms with van der Waals surface area (Å²) in [7, 11) is 0. The summed E-state index contributed by atoms with van der Waals surface area (Å²) in [5, 5.41) is 0.296. The number of fused-ring (bicyclic) bond motifs is 1. The molecule has 1 saturated heterocycles. The van der Waals surface area contributed by atoms with Gasteiger partial charge < -0.3 is 30.2 Å². The molecule has 0 bridgehead atoms. The minimum absolute atomic E-state index is 0.0111. The molecule has 4 atom stereocenters. The molecule has 2 aromatic rings. The molecule has 3 rings (SSSR count). The van der Waals surface area contributed by atoms with Crippen molar-refractivity contribution < 1.29 is 28.6 Å². The van der Waals surface area contributed by atoms with Crippen LogP contribution in [0.5, 0.6) is 0 Å². The topological polar surface area (TPSA) is 162 Å². The average Bonchev–Trinajstić information content (AvgIpc) is 3.12. The first kappa shape index (κ1) is 20.5. The Bertz CT molecular complexity index is 987. The van der Waals surface area contributed by atoms with Crippen molar-refractivity contribution in [3.63, 3.8) is 0 Å². The number of nitrogens with two attached hydrogens (primary N) is 2.